The molecule has 1 heterocycles. The highest BCUT2D eigenvalue weighted by Gasteiger charge is 2.70. The van der Waals surface area contributed by atoms with Gasteiger partial charge in [0.05, 0.1) is 13.2 Å². The van der Waals surface area contributed by atoms with Crippen molar-refractivity contribution in [3.05, 3.63) is 34.9 Å². The standard InChI is InChI=1S/C14H16O3/c1-9-10-3-2-4-11(10)12(15)14(13(9)5-6-13)16-7-8-17-14/h2-4,12,15H,5-8H2,1H3. The van der Waals surface area contributed by atoms with Gasteiger partial charge in [-0.15, -0.1) is 0 Å². The van der Waals surface area contributed by atoms with E-state index in [1.54, 1.807) is 0 Å². The van der Waals surface area contributed by atoms with Gasteiger partial charge >= 0.3 is 0 Å². The zero-order valence-corrected chi connectivity index (χ0v) is 9.90. The van der Waals surface area contributed by atoms with Crippen LogP contribution in [0.3, 0.4) is 0 Å². The Bertz CT molecular complexity index is 474. The minimum Gasteiger partial charge on any atom is -0.383 e. The van der Waals surface area contributed by atoms with Crippen LogP contribution in [-0.2, 0) is 9.47 Å². The van der Waals surface area contributed by atoms with Crippen LogP contribution < -0.4 is 0 Å². The number of fused-ring (bicyclic) bond motifs is 2. The largest absolute Gasteiger partial charge is 0.383 e. The summed E-state index contributed by atoms with van der Waals surface area (Å²) in [6.45, 7) is 3.33. The van der Waals surface area contributed by atoms with E-state index in [1.165, 1.54) is 11.1 Å². The average molecular weight is 232 g/mol. The zero-order valence-electron chi connectivity index (χ0n) is 9.90. The Morgan fingerprint density at radius 2 is 2.00 bits per heavy atom. The van der Waals surface area contributed by atoms with Gasteiger partial charge in [0, 0.05) is 5.41 Å². The number of hydrogen-bond donors (Lipinski definition) is 1. The van der Waals surface area contributed by atoms with E-state index in [0.717, 1.165) is 18.4 Å². The molecule has 1 N–H and O–H groups in total. The molecule has 0 bridgehead atoms. The molecule has 1 aliphatic heterocycles. The molecule has 1 saturated carbocycles. The first kappa shape index (κ1) is 10.1. The molecule has 0 amide bonds. The molecule has 3 heteroatoms. The topological polar surface area (TPSA) is 38.7 Å². The molecule has 4 rings (SSSR count). The molecule has 1 saturated heterocycles. The van der Waals surface area contributed by atoms with Crippen LogP contribution in [0.1, 0.15) is 19.8 Å². The minimum atomic E-state index is -0.807. The zero-order chi connectivity index (χ0) is 11.7. The van der Waals surface area contributed by atoms with Gasteiger partial charge in [-0.3, -0.25) is 0 Å². The first-order chi connectivity index (χ1) is 8.21. The lowest BCUT2D eigenvalue weighted by Gasteiger charge is -2.45. The molecule has 3 aliphatic carbocycles. The number of allylic oxidation sites excluding steroid dienone is 3. The van der Waals surface area contributed by atoms with E-state index in [2.05, 4.69) is 13.0 Å². The fourth-order valence-corrected chi connectivity index (χ4v) is 3.71. The molecular formula is C14H16O3. The van der Waals surface area contributed by atoms with Crippen LogP contribution in [-0.4, -0.2) is 30.2 Å². The molecule has 17 heavy (non-hydrogen) atoms. The van der Waals surface area contributed by atoms with Crippen molar-refractivity contribution in [1.29, 1.82) is 0 Å². The summed E-state index contributed by atoms with van der Waals surface area (Å²) in [5.41, 5.74) is 3.40. The van der Waals surface area contributed by atoms with E-state index in [-0.39, 0.29) is 5.41 Å². The summed E-state index contributed by atoms with van der Waals surface area (Å²) < 4.78 is 11.8. The molecule has 0 aromatic heterocycles. The van der Waals surface area contributed by atoms with Gasteiger partial charge in [-0.05, 0) is 30.9 Å². The van der Waals surface area contributed by atoms with Crippen LogP contribution in [0.25, 0.3) is 0 Å². The Kier molecular flexibility index (Phi) is 1.72. The Morgan fingerprint density at radius 1 is 1.29 bits per heavy atom. The Labute approximate surface area is 100 Å². The van der Waals surface area contributed by atoms with Gasteiger partial charge in [0.1, 0.15) is 6.10 Å². The highest BCUT2D eigenvalue weighted by Crippen LogP contribution is 2.67. The second-order valence-electron chi connectivity index (χ2n) is 5.37. The number of aliphatic hydroxyl groups is 1. The van der Waals surface area contributed by atoms with E-state index in [1.807, 2.05) is 12.2 Å². The van der Waals surface area contributed by atoms with Crippen LogP contribution in [0, 0.1) is 5.41 Å². The summed E-state index contributed by atoms with van der Waals surface area (Å²) in [7, 11) is 0. The SMILES string of the molecule is CC1=C2C=CC=C2C(O)C2(OCCO2)C12CC2. The van der Waals surface area contributed by atoms with E-state index in [9.17, 15) is 5.11 Å². The molecule has 3 nitrogen and oxygen atoms in total. The maximum absolute atomic E-state index is 10.6. The lowest BCUT2D eigenvalue weighted by atomic mass is 9.72. The molecule has 0 aromatic carbocycles. The number of aliphatic hydroxyl groups excluding tert-OH is 1. The quantitative estimate of drug-likeness (QED) is 0.691. The molecule has 1 atom stereocenters. The summed E-state index contributed by atoms with van der Waals surface area (Å²) >= 11 is 0. The molecule has 2 fully saturated rings. The summed E-state index contributed by atoms with van der Waals surface area (Å²) in [5, 5.41) is 10.6. The average Bonchev–Trinajstić information content (AvgIpc) is 2.83. The molecule has 0 radical (unpaired) electrons. The smallest absolute Gasteiger partial charge is 0.208 e. The molecule has 4 aliphatic rings. The Balaban J connectivity index is 1.95. The molecule has 0 aromatic rings. The van der Waals surface area contributed by atoms with Gasteiger partial charge in [-0.25, -0.2) is 0 Å². The first-order valence-corrected chi connectivity index (χ1v) is 6.27. The second kappa shape index (κ2) is 2.91. The van der Waals surface area contributed by atoms with Crippen LogP contribution in [0.5, 0.6) is 0 Å². The van der Waals surface area contributed by atoms with Crippen molar-refractivity contribution in [2.75, 3.05) is 13.2 Å². The monoisotopic (exact) mass is 232 g/mol. The van der Waals surface area contributed by atoms with E-state index in [4.69, 9.17) is 9.47 Å². The summed E-state index contributed by atoms with van der Waals surface area (Å²) in [6, 6.07) is 0. The Hall–Kier alpha value is -0.900. The third-order valence-electron chi connectivity index (χ3n) is 4.76. The summed E-state index contributed by atoms with van der Waals surface area (Å²) in [4.78, 5) is 0. The number of rotatable bonds is 0. The van der Waals surface area contributed by atoms with Crippen molar-refractivity contribution < 1.29 is 14.6 Å². The minimum absolute atomic E-state index is 0.0791. The third kappa shape index (κ3) is 0.955. The predicted molar refractivity (Wildman–Crippen MR) is 62.2 cm³/mol. The highest BCUT2D eigenvalue weighted by atomic mass is 16.7. The van der Waals surface area contributed by atoms with Gasteiger partial charge < -0.3 is 14.6 Å². The Morgan fingerprint density at radius 3 is 2.65 bits per heavy atom. The third-order valence-corrected chi connectivity index (χ3v) is 4.76. The van der Waals surface area contributed by atoms with Crippen molar-refractivity contribution >= 4 is 0 Å². The van der Waals surface area contributed by atoms with Gasteiger partial charge in [0.15, 0.2) is 0 Å². The summed E-state index contributed by atoms with van der Waals surface area (Å²) in [6.07, 6.45) is 7.53. The van der Waals surface area contributed by atoms with Crippen LogP contribution in [0.2, 0.25) is 0 Å². The van der Waals surface area contributed by atoms with E-state index in [0.29, 0.717) is 13.2 Å². The summed E-state index contributed by atoms with van der Waals surface area (Å²) in [5.74, 6) is -0.807. The lowest BCUT2D eigenvalue weighted by molar-refractivity contribution is -0.246. The van der Waals surface area contributed by atoms with E-state index < -0.39 is 11.9 Å². The molecule has 1 unspecified atom stereocenters. The maximum Gasteiger partial charge on any atom is 0.208 e. The van der Waals surface area contributed by atoms with Crippen molar-refractivity contribution in [1.82, 2.24) is 0 Å². The van der Waals surface area contributed by atoms with Gasteiger partial charge in [0.25, 0.3) is 0 Å². The first-order valence-electron chi connectivity index (χ1n) is 6.27. The van der Waals surface area contributed by atoms with Crippen molar-refractivity contribution in [3.8, 4) is 0 Å². The normalized spacial score (nSPS) is 35.6. The van der Waals surface area contributed by atoms with Crippen LogP contribution >= 0.6 is 0 Å². The molecular weight excluding hydrogens is 216 g/mol. The number of ether oxygens (including phenoxy) is 2. The number of hydrogen-bond acceptors (Lipinski definition) is 3. The van der Waals surface area contributed by atoms with Gasteiger partial charge in [0.2, 0.25) is 5.79 Å². The second-order valence-corrected chi connectivity index (χ2v) is 5.37. The van der Waals surface area contributed by atoms with Crippen molar-refractivity contribution in [2.45, 2.75) is 31.7 Å². The van der Waals surface area contributed by atoms with Crippen LogP contribution in [0.4, 0.5) is 0 Å². The predicted octanol–water partition coefficient (Wildman–Crippen LogP) is 1.70. The lowest BCUT2D eigenvalue weighted by Crippen LogP contribution is -2.55. The fourth-order valence-electron chi connectivity index (χ4n) is 3.71. The van der Waals surface area contributed by atoms with Gasteiger partial charge in [-0.2, -0.15) is 0 Å². The van der Waals surface area contributed by atoms with Gasteiger partial charge in [-0.1, -0.05) is 23.8 Å². The maximum atomic E-state index is 10.6. The molecule has 2 spiro atoms. The highest BCUT2D eigenvalue weighted by molar-refractivity contribution is 5.59. The van der Waals surface area contributed by atoms with Crippen molar-refractivity contribution in [3.63, 3.8) is 0 Å². The van der Waals surface area contributed by atoms with E-state index >= 15 is 0 Å². The van der Waals surface area contributed by atoms with Crippen LogP contribution in [0.15, 0.2) is 34.9 Å². The van der Waals surface area contributed by atoms with Crippen molar-refractivity contribution in [2.24, 2.45) is 5.41 Å². The molecule has 90 valence electrons. The fraction of sp³-hybridized carbons (Fsp3) is 0.571.